The van der Waals surface area contributed by atoms with Crippen molar-refractivity contribution in [1.29, 1.82) is 0 Å². The van der Waals surface area contributed by atoms with E-state index in [4.69, 9.17) is 0 Å². The molecule has 13 heteroatoms. The third-order valence-corrected chi connectivity index (χ3v) is 6.11. The van der Waals surface area contributed by atoms with Gasteiger partial charge in [-0.2, -0.15) is 10.1 Å². The molecule has 1 aliphatic carbocycles. The maximum atomic E-state index is 13.9. The molecular formula is C23H20F3N7O3. The summed E-state index contributed by atoms with van der Waals surface area (Å²) in [4.78, 5) is 44.8. The van der Waals surface area contributed by atoms with Crippen molar-refractivity contribution in [2.24, 2.45) is 0 Å². The maximum Gasteiger partial charge on any atom is 0.355 e. The highest BCUT2D eigenvalue weighted by Crippen LogP contribution is 2.21. The van der Waals surface area contributed by atoms with E-state index >= 15 is 0 Å². The zero-order valence-electron chi connectivity index (χ0n) is 18.7. The molecule has 1 unspecified atom stereocenters. The van der Waals surface area contributed by atoms with Crippen LogP contribution in [0.15, 0.2) is 51.0 Å². The Morgan fingerprint density at radius 1 is 1.08 bits per heavy atom. The van der Waals surface area contributed by atoms with Crippen LogP contribution in [-0.4, -0.2) is 35.3 Å². The number of aryl methyl sites for hydroxylation is 1. The van der Waals surface area contributed by atoms with Crippen molar-refractivity contribution >= 4 is 5.95 Å². The minimum absolute atomic E-state index is 0.0538. The second-order valence-corrected chi connectivity index (χ2v) is 8.53. The smallest absolute Gasteiger partial charge is 0.352 e. The van der Waals surface area contributed by atoms with E-state index in [1.807, 2.05) is 0 Å². The Bertz CT molecular complexity index is 1600. The molecule has 5 rings (SSSR count). The number of fused-ring (bicyclic) bond motifs is 1. The Kier molecular flexibility index (Phi) is 6.04. The molecule has 0 bridgehead atoms. The van der Waals surface area contributed by atoms with Gasteiger partial charge in [0.25, 0.3) is 5.56 Å². The second-order valence-electron chi connectivity index (χ2n) is 8.53. The third kappa shape index (κ3) is 4.46. The van der Waals surface area contributed by atoms with Crippen molar-refractivity contribution in [2.75, 3.05) is 5.32 Å². The molecule has 0 amide bonds. The summed E-state index contributed by atoms with van der Waals surface area (Å²) >= 11 is 0. The summed E-state index contributed by atoms with van der Waals surface area (Å²) in [6, 6.07) is 4.33. The van der Waals surface area contributed by atoms with Gasteiger partial charge in [0.1, 0.15) is 0 Å². The van der Waals surface area contributed by atoms with Crippen LogP contribution >= 0.6 is 0 Å². The quantitative estimate of drug-likeness (QED) is 0.343. The van der Waals surface area contributed by atoms with Crippen LogP contribution in [0, 0.1) is 17.5 Å². The van der Waals surface area contributed by atoms with Crippen molar-refractivity contribution in [3.05, 3.63) is 108 Å². The highest BCUT2D eigenvalue weighted by molar-refractivity contribution is 5.32. The highest BCUT2D eigenvalue weighted by atomic mass is 19.2. The number of anilines is 1. The molecule has 186 valence electrons. The zero-order chi connectivity index (χ0) is 25.4. The number of benzene rings is 1. The lowest BCUT2D eigenvalue weighted by molar-refractivity contribution is 0.444. The van der Waals surface area contributed by atoms with Gasteiger partial charge in [-0.15, -0.1) is 0 Å². The molecule has 0 fully saturated rings. The molecule has 1 aromatic carbocycles. The molecule has 0 saturated carbocycles. The van der Waals surface area contributed by atoms with Gasteiger partial charge in [0, 0.05) is 23.5 Å². The first kappa shape index (κ1) is 23.3. The first-order chi connectivity index (χ1) is 17.3. The van der Waals surface area contributed by atoms with Crippen molar-refractivity contribution in [3.8, 4) is 0 Å². The lowest BCUT2D eigenvalue weighted by Crippen LogP contribution is -2.45. The standard InChI is InChI=1S/C23H20F3N7O3/c24-16-6-12(7-17(25)19(16)26)10-32-21(29-15-3-4-18-14(8-15)9-28-31-18)30-22(35)33(23(32)36)11-13-2-1-5-27-20(13)34/h1-2,5-7,9,15H,3-4,8,10-11H2,(H,27,34)(H,28,31)(H,29,30,35). The molecule has 3 N–H and O–H groups in total. The van der Waals surface area contributed by atoms with Crippen LogP contribution in [0.5, 0.6) is 0 Å². The summed E-state index contributed by atoms with van der Waals surface area (Å²) in [6.45, 7) is -0.771. The predicted octanol–water partition coefficient (Wildman–Crippen LogP) is 1.30. The van der Waals surface area contributed by atoms with Crippen molar-refractivity contribution in [3.63, 3.8) is 0 Å². The van der Waals surface area contributed by atoms with Crippen LogP contribution in [0.25, 0.3) is 0 Å². The third-order valence-electron chi connectivity index (χ3n) is 6.11. The molecule has 0 saturated heterocycles. The minimum Gasteiger partial charge on any atom is -0.352 e. The minimum atomic E-state index is -1.63. The fourth-order valence-corrected chi connectivity index (χ4v) is 4.27. The first-order valence-electron chi connectivity index (χ1n) is 11.1. The molecule has 4 aromatic rings. The fraction of sp³-hybridized carbons (Fsp3) is 0.261. The van der Waals surface area contributed by atoms with Gasteiger partial charge in [-0.05, 0) is 48.6 Å². The van der Waals surface area contributed by atoms with Crippen LogP contribution in [0.4, 0.5) is 19.1 Å². The van der Waals surface area contributed by atoms with Gasteiger partial charge in [-0.25, -0.2) is 27.3 Å². The number of halogens is 3. The average Bonchev–Trinajstić information content (AvgIpc) is 3.31. The number of pyridine rings is 1. The summed E-state index contributed by atoms with van der Waals surface area (Å²) < 4.78 is 43.0. The Balaban J connectivity index is 1.56. The van der Waals surface area contributed by atoms with E-state index in [0.29, 0.717) is 19.3 Å². The van der Waals surface area contributed by atoms with E-state index in [0.717, 1.165) is 32.5 Å². The van der Waals surface area contributed by atoms with Gasteiger partial charge in [0.05, 0.1) is 19.3 Å². The average molecular weight is 499 g/mol. The number of hydrogen-bond donors (Lipinski definition) is 3. The molecule has 3 aromatic heterocycles. The molecule has 10 nitrogen and oxygen atoms in total. The van der Waals surface area contributed by atoms with Crippen LogP contribution in [0.1, 0.15) is 28.8 Å². The second kappa shape index (κ2) is 9.32. The highest BCUT2D eigenvalue weighted by Gasteiger charge is 2.23. The molecule has 0 radical (unpaired) electrons. The summed E-state index contributed by atoms with van der Waals surface area (Å²) in [5, 5.41) is 10.0. The Morgan fingerprint density at radius 2 is 1.86 bits per heavy atom. The maximum absolute atomic E-state index is 13.9. The number of aromatic nitrogens is 6. The van der Waals surface area contributed by atoms with Crippen LogP contribution < -0.4 is 22.3 Å². The number of hydrogen-bond acceptors (Lipinski definition) is 6. The SMILES string of the molecule is O=c1[nH]cccc1Cn1c(=O)nc(NC2CCc3[nH]ncc3C2)n(Cc2cc(F)c(F)c(F)c2)c1=O. The van der Waals surface area contributed by atoms with Gasteiger partial charge in [-0.1, -0.05) is 6.07 Å². The van der Waals surface area contributed by atoms with Crippen molar-refractivity contribution < 1.29 is 13.2 Å². The van der Waals surface area contributed by atoms with E-state index in [9.17, 15) is 27.6 Å². The molecular weight excluding hydrogens is 479 g/mol. The van der Waals surface area contributed by atoms with Crippen LogP contribution in [0.3, 0.4) is 0 Å². The van der Waals surface area contributed by atoms with E-state index in [-0.39, 0.29) is 29.7 Å². The molecule has 0 aliphatic heterocycles. The number of aromatic amines is 2. The van der Waals surface area contributed by atoms with E-state index in [1.165, 1.54) is 12.3 Å². The summed E-state index contributed by atoms with van der Waals surface area (Å²) in [5.74, 6) is -4.56. The normalized spacial score (nSPS) is 15.0. The predicted molar refractivity (Wildman–Crippen MR) is 122 cm³/mol. The summed E-state index contributed by atoms with van der Waals surface area (Å²) in [5.41, 5.74) is -0.181. The topological polar surface area (TPSA) is 130 Å². The van der Waals surface area contributed by atoms with E-state index in [2.05, 4.69) is 25.5 Å². The first-order valence-corrected chi connectivity index (χ1v) is 11.1. The molecule has 0 spiro atoms. The van der Waals surface area contributed by atoms with Crippen molar-refractivity contribution in [2.45, 2.75) is 38.4 Å². The molecule has 3 heterocycles. The van der Waals surface area contributed by atoms with Crippen LogP contribution in [-0.2, 0) is 25.9 Å². The number of rotatable bonds is 6. The summed E-state index contributed by atoms with van der Waals surface area (Å²) in [7, 11) is 0. The molecule has 1 atom stereocenters. The fourth-order valence-electron chi connectivity index (χ4n) is 4.27. The molecule has 1 aliphatic rings. The van der Waals surface area contributed by atoms with Gasteiger partial charge in [0.2, 0.25) is 5.95 Å². The number of nitrogens with one attached hydrogen (secondary N) is 3. The Labute approximate surface area is 200 Å². The lowest BCUT2D eigenvalue weighted by atomic mass is 9.94. The van der Waals surface area contributed by atoms with E-state index < -0.39 is 40.9 Å². The Hall–Kier alpha value is -4.42. The molecule has 36 heavy (non-hydrogen) atoms. The Morgan fingerprint density at radius 3 is 2.61 bits per heavy atom. The lowest BCUT2D eigenvalue weighted by Gasteiger charge is -2.25. The van der Waals surface area contributed by atoms with Gasteiger partial charge in [0.15, 0.2) is 17.5 Å². The monoisotopic (exact) mass is 499 g/mol. The summed E-state index contributed by atoms with van der Waals surface area (Å²) in [6.07, 6.45) is 4.98. The van der Waals surface area contributed by atoms with Gasteiger partial charge >= 0.3 is 11.4 Å². The van der Waals surface area contributed by atoms with Crippen molar-refractivity contribution in [1.82, 2.24) is 29.3 Å². The van der Waals surface area contributed by atoms with Crippen LogP contribution in [0.2, 0.25) is 0 Å². The number of H-pyrrole nitrogens is 2. The van der Waals surface area contributed by atoms with E-state index in [1.54, 1.807) is 12.3 Å². The van der Waals surface area contributed by atoms with Gasteiger partial charge < -0.3 is 10.3 Å². The number of nitrogens with zero attached hydrogens (tertiary/aromatic N) is 4. The van der Waals surface area contributed by atoms with Gasteiger partial charge in [-0.3, -0.25) is 14.5 Å². The largest absolute Gasteiger partial charge is 0.355 e. The zero-order valence-corrected chi connectivity index (χ0v) is 18.7.